The second-order valence-corrected chi connectivity index (χ2v) is 7.08. The molecule has 0 aliphatic carbocycles. The molecule has 1 unspecified atom stereocenters. The zero-order chi connectivity index (χ0) is 23.5. The highest BCUT2D eigenvalue weighted by molar-refractivity contribution is 5.86. The van der Waals surface area contributed by atoms with Gasteiger partial charge in [0.2, 0.25) is 0 Å². The van der Waals surface area contributed by atoms with Crippen molar-refractivity contribution in [2.75, 3.05) is 13.7 Å². The van der Waals surface area contributed by atoms with E-state index in [1.807, 2.05) is 37.3 Å². The van der Waals surface area contributed by atoms with Gasteiger partial charge in [-0.2, -0.15) is 5.10 Å². The first-order chi connectivity index (χ1) is 16.1. The number of rotatable bonds is 11. The number of hydrazone groups is 1. The van der Waals surface area contributed by atoms with Crippen molar-refractivity contribution < 1.29 is 23.7 Å². The number of amides is 1. The standard InChI is InChI=1S/C26H28N2O5/c1-4-31-25-15-14-24(30-3)16-21(25)17-27-28-26(29)19(2)33-23-12-10-22(11-13-23)32-18-20-8-6-5-7-9-20/h5-17,19H,4,18H2,1-3H3,(H,28,29)/b27-17+. The zero-order valence-corrected chi connectivity index (χ0v) is 19.0. The van der Waals surface area contributed by atoms with Crippen LogP contribution in [0.5, 0.6) is 23.0 Å². The summed E-state index contributed by atoms with van der Waals surface area (Å²) >= 11 is 0. The Morgan fingerprint density at radius 2 is 1.67 bits per heavy atom. The van der Waals surface area contributed by atoms with Gasteiger partial charge < -0.3 is 18.9 Å². The maximum Gasteiger partial charge on any atom is 0.280 e. The number of carbonyl (C=O) groups excluding carboxylic acids is 1. The van der Waals surface area contributed by atoms with Crippen LogP contribution in [0.1, 0.15) is 25.0 Å². The summed E-state index contributed by atoms with van der Waals surface area (Å²) < 4.78 is 22.3. The molecule has 0 aliphatic heterocycles. The summed E-state index contributed by atoms with van der Waals surface area (Å²) in [4.78, 5) is 12.4. The number of nitrogens with one attached hydrogen (secondary N) is 1. The van der Waals surface area contributed by atoms with E-state index in [-0.39, 0.29) is 5.91 Å². The topological polar surface area (TPSA) is 78.4 Å². The van der Waals surface area contributed by atoms with Crippen LogP contribution in [0.15, 0.2) is 77.9 Å². The van der Waals surface area contributed by atoms with E-state index in [2.05, 4.69) is 10.5 Å². The monoisotopic (exact) mass is 448 g/mol. The second-order valence-electron chi connectivity index (χ2n) is 7.08. The van der Waals surface area contributed by atoms with E-state index in [0.29, 0.717) is 36.0 Å². The van der Waals surface area contributed by atoms with Crippen LogP contribution in [0.3, 0.4) is 0 Å². The van der Waals surface area contributed by atoms with Crippen LogP contribution in [-0.2, 0) is 11.4 Å². The normalized spacial score (nSPS) is 11.6. The first-order valence-corrected chi connectivity index (χ1v) is 10.7. The minimum Gasteiger partial charge on any atom is -0.497 e. The summed E-state index contributed by atoms with van der Waals surface area (Å²) in [6.45, 7) is 4.55. The summed E-state index contributed by atoms with van der Waals surface area (Å²) in [6.07, 6.45) is 0.770. The molecule has 0 radical (unpaired) electrons. The van der Waals surface area contributed by atoms with Gasteiger partial charge in [-0.15, -0.1) is 0 Å². The van der Waals surface area contributed by atoms with Gasteiger partial charge in [0.1, 0.15) is 29.6 Å². The zero-order valence-electron chi connectivity index (χ0n) is 19.0. The summed E-state index contributed by atoms with van der Waals surface area (Å²) in [5.41, 5.74) is 4.27. The van der Waals surface area contributed by atoms with Gasteiger partial charge in [0.25, 0.3) is 5.91 Å². The van der Waals surface area contributed by atoms with Crippen molar-refractivity contribution in [3.63, 3.8) is 0 Å². The van der Waals surface area contributed by atoms with Crippen LogP contribution in [0.4, 0.5) is 0 Å². The molecule has 0 aliphatic rings. The highest BCUT2D eigenvalue weighted by atomic mass is 16.5. The maximum atomic E-state index is 12.4. The van der Waals surface area contributed by atoms with Gasteiger partial charge in [-0.25, -0.2) is 5.43 Å². The number of carbonyl (C=O) groups is 1. The van der Waals surface area contributed by atoms with Crippen LogP contribution >= 0.6 is 0 Å². The van der Waals surface area contributed by atoms with E-state index in [1.165, 1.54) is 6.21 Å². The smallest absolute Gasteiger partial charge is 0.280 e. The van der Waals surface area contributed by atoms with Gasteiger partial charge in [0, 0.05) is 5.56 Å². The van der Waals surface area contributed by atoms with Gasteiger partial charge in [-0.3, -0.25) is 4.79 Å². The van der Waals surface area contributed by atoms with Gasteiger partial charge in [-0.1, -0.05) is 30.3 Å². The summed E-state index contributed by atoms with van der Waals surface area (Å²) in [5.74, 6) is 2.21. The molecule has 3 aromatic carbocycles. The molecule has 172 valence electrons. The lowest BCUT2D eigenvalue weighted by atomic mass is 10.2. The predicted molar refractivity (Wildman–Crippen MR) is 127 cm³/mol. The molecule has 0 aromatic heterocycles. The lowest BCUT2D eigenvalue weighted by molar-refractivity contribution is -0.127. The molecule has 7 heteroatoms. The minimum atomic E-state index is -0.741. The SMILES string of the molecule is CCOc1ccc(OC)cc1/C=N/NC(=O)C(C)Oc1ccc(OCc2ccccc2)cc1. The lowest BCUT2D eigenvalue weighted by Gasteiger charge is -2.14. The third-order valence-electron chi connectivity index (χ3n) is 4.65. The van der Waals surface area contributed by atoms with Gasteiger partial charge in [-0.05, 0) is 61.9 Å². The Kier molecular flexibility index (Phi) is 8.71. The predicted octanol–water partition coefficient (Wildman–Crippen LogP) is 4.59. The number of nitrogens with zero attached hydrogens (tertiary/aromatic N) is 1. The highest BCUT2D eigenvalue weighted by Crippen LogP contribution is 2.23. The quantitative estimate of drug-likeness (QED) is 0.343. The van der Waals surface area contributed by atoms with E-state index in [1.54, 1.807) is 56.5 Å². The molecule has 3 aromatic rings. The third kappa shape index (κ3) is 7.28. The van der Waals surface area contributed by atoms with E-state index in [0.717, 1.165) is 11.3 Å². The van der Waals surface area contributed by atoms with Crippen LogP contribution in [-0.4, -0.2) is 31.9 Å². The third-order valence-corrected chi connectivity index (χ3v) is 4.65. The first kappa shape index (κ1) is 23.7. The van der Waals surface area contributed by atoms with Crippen LogP contribution < -0.4 is 24.4 Å². The fourth-order valence-corrected chi connectivity index (χ4v) is 2.91. The molecule has 0 heterocycles. The van der Waals surface area contributed by atoms with E-state index in [4.69, 9.17) is 18.9 Å². The van der Waals surface area contributed by atoms with Crippen LogP contribution in [0.25, 0.3) is 0 Å². The van der Waals surface area contributed by atoms with E-state index >= 15 is 0 Å². The Morgan fingerprint density at radius 3 is 2.36 bits per heavy atom. The Hall–Kier alpha value is -4.00. The number of ether oxygens (including phenoxy) is 4. The fraction of sp³-hybridized carbons (Fsp3) is 0.231. The molecular weight excluding hydrogens is 420 g/mol. The lowest BCUT2D eigenvalue weighted by Crippen LogP contribution is -2.33. The van der Waals surface area contributed by atoms with Crippen LogP contribution in [0.2, 0.25) is 0 Å². The molecule has 0 fully saturated rings. The average Bonchev–Trinajstić information content (AvgIpc) is 2.85. The Balaban J connectivity index is 1.51. The Bertz CT molecular complexity index is 1050. The molecular formula is C26H28N2O5. The van der Waals surface area contributed by atoms with Crippen molar-refractivity contribution in [3.05, 3.63) is 83.9 Å². The van der Waals surface area contributed by atoms with Gasteiger partial charge in [0.05, 0.1) is 19.9 Å². The van der Waals surface area contributed by atoms with Crippen LogP contribution in [0, 0.1) is 0 Å². The van der Waals surface area contributed by atoms with Crippen molar-refractivity contribution in [3.8, 4) is 23.0 Å². The molecule has 3 rings (SSSR count). The summed E-state index contributed by atoms with van der Waals surface area (Å²) in [7, 11) is 1.58. The largest absolute Gasteiger partial charge is 0.497 e. The van der Waals surface area contributed by atoms with Crippen molar-refractivity contribution in [2.24, 2.45) is 5.10 Å². The van der Waals surface area contributed by atoms with Gasteiger partial charge in [0.15, 0.2) is 6.10 Å². The number of hydrogen-bond donors (Lipinski definition) is 1. The van der Waals surface area contributed by atoms with E-state index in [9.17, 15) is 4.79 Å². The van der Waals surface area contributed by atoms with Gasteiger partial charge >= 0.3 is 0 Å². The van der Waals surface area contributed by atoms with Crippen molar-refractivity contribution in [1.29, 1.82) is 0 Å². The molecule has 0 saturated carbocycles. The van der Waals surface area contributed by atoms with Crippen molar-refractivity contribution in [2.45, 2.75) is 26.6 Å². The minimum absolute atomic E-state index is 0.378. The Morgan fingerprint density at radius 1 is 0.970 bits per heavy atom. The fourth-order valence-electron chi connectivity index (χ4n) is 2.91. The molecule has 0 saturated heterocycles. The molecule has 0 spiro atoms. The van der Waals surface area contributed by atoms with E-state index < -0.39 is 6.10 Å². The first-order valence-electron chi connectivity index (χ1n) is 10.7. The van der Waals surface area contributed by atoms with Crippen molar-refractivity contribution >= 4 is 12.1 Å². The summed E-state index contributed by atoms with van der Waals surface area (Å²) in [6, 6.07) is 22.4. The molecule has 7 nitrogen and oxygen atoms in total. The number of methoxy groups -OCH3 is 1. The van der Waals surface area contributed by atoms with Crippen molar-refractivity contribution in [1.82, 2.24) is 5.43 Å². The number of benzene rings is 3. The molecule has 1 N–H and O–H groups in total. The highest BCUT2D eigenvalue weighted by Gasteiger charge is 2.14. The molecule has 33 heavy (non-hydrogen) atoms. The molecule has 1 atom stereocenters. The number of hydrogen-bond acceptors (Lipinski definition) is 6. The molecule has 0 bridgehead atoms. The molecule has 1 amide bonds. The average molecular weight is 449 g/mol. The summed E-state index contributed by atoms with van der Waals surface area (Å²) in [5, 5.41) is 4.03. The Labute approximate surface area is 193 Å². The maximum absolute atomic E-state index is 12.4. The second kappa shape index (κ2) is 12.1.